The van der Waals surface area contributed by atoms with Crippen LogP contribution in [0, 0.1) is 29.5 Å². The summed E-state index contributed by atoms with van der Waals surface area (Å²) in [5, 5.41) is 15.0. The van der Waals surface area contributed by atoms with Gasteiger partial charge in [-0.3, -0.25) is 29.5 Å². The van der Waals surface area contributed by atoms with E-state index in [1.54, 1.807) is 30.3 Å². The minimum Gasteiger partial charge on any atom is -0.508 e. The number of rotatable bonds is 6. The highest BCUT2D eigenvalue weighted by molar-refractivity contribution is 7.09. The molecule has 0 unspecified atom stereocenters. The number of thiophene rings is 1. The highest BCUT2D eigenvalue weighted by atomic mass is 35.5. The van der Waals surface area contributed by atoms with E-state index in [0.717, 1.165) is 9.89 Å². The van der Waals surface area contributed by atoms with Crippen molar-refractivity contribution in [1.82, 2.24) is 9.91 Å². The molecule has 4 amide bonds. The first-order valence-corrected chi connectivity index (χ1v) is 17.5. The average Bonchev–Trinajstić information content (AvgIpc) is 3.75. The van der Waals surface area contributed by atoms with Gasteiger partial charge in [0, 0.05) is 26.4 Å². The highest BCUT2D eigenvalue weighted by Gasteiger charge is 2.70. The first-order chi connectivity index (χ1) is 23.6. The summed E-state index contributed by atoms with van der Waals surface area (Å²) in [6.45, 7) is 0.161. The van der Waals surface area contributed by atoms with Crippen molar-refractivity contribution in [2.24, 2.45) is 23.7 Å². The lowest BCUT2D eigenvalue weighted by Crippen LogP contribution is -2.53. The van der Waals surface area contributed by atoms with Crippen LogP contribution in [0.15, 0.2) is 95.9 Å². The Hall–Kier alpha value is -4.51. The van der Waals surface area contributed by atoms with E-state index in [2.05, 4.69) is 5.43 Å². The molecule has 1 saturated carbocycles. The van der Waals surface area contributed by atoms with Crippen molar-refractivity contribution in [3.63, 3.8) is 0 Å². The first kappa shape index (κ1) is 31.7. The summed E-state index contributed by atoms with van der Waals surface area (Å²) in [5.74, 6) is -6.31. The predicted octanol–water partition coefficient (Wildman–Crippen LogP) is 7.08. The predicted molar refractivity (Wildman–Crippen MR) is 182 cm³/mol. The number of nitrogens with zero attached hydrogens (tertiary/aromatic N) is 2. The van der Waals surface area contributed by atoms with Crippen LogP contribution >= 0.6 is 34.5 Å². The lowest BCUT2D eigenvalue weighted by Gasteiger charge is -2.50. The van der Waals surface area contributed by atoms with Gasteiger partial charge >= 0.3 is 0 Å². The van der Waals surface area contributed by atoms with Crippen molar-refractivity contribution in [2.45, 2.75) is 30.7 Å². The van der Waals surface area contributed by atoms with Crippen molar-refractivity contribution in [2.75, 3.05) is 5.43 Å². The van der Waals surface area contributed by atoms with Crippen molar-refractivity contribution < 1.29 is 28.7 Å². The zero-order chi connectivity index (χ0) is 34.2. The molecule has 3 heterocycles. The van der Waals surface area contributed by atoms with E-state index in [1.165, 1.54) is 52.6 Å². The van der Waals surface area contributed by atoms with Gasteiger partial charge in [0.1, 0.15) is 11.6 Å². The van der Waals surface area contributed by atoms with Gasteiger partial charge in [-0.25, -0.2) is 4.39 Å². The Labute approximate surface area is 294 Å². The van der Waals surface area contributed by atoms with Gasteiger partial charge in [-0.2, -0.15) is 5.01 Å². The second-order valence-electron chi connectivity index (χ2n) is 12.9. The van der Waals surface area contributed by atoms with E-state index >= 15 is 4.79 Å². The van der Waals surface area contributed by atoms with Gasteiger partial charge in [0.2, 0.25) is 11.8 Å². The maximum atomic E-state index is 15.1. The second-order valence-corrected chi connectivity index (χ2v) is 14.8. The molecule has 12 heteroatoms. The SMILES string of the molecule is O=C1[C@H]2[C@H](CC=C3[C@H]2C[C@H]2C(=O)N(Nc4ccc(F)cc4)C(=O)[C@@]2(c2ccc(Cl)cc2)[C@H]3c2cc(Cl)ccc2O)C(=O)N1Cc1cccs1. The zero-order valence-corrected chi connectivity index (χ0v) is 28.0. The number of hydrogen-bond donors (Lipinski definition) is 2. The summed E-state index contributed by atoms with van der Waals surface area (Å²) in [4.78, 5) is 60.0. The maximum absolute atomic E-state index is 15.1. The Balaban J connectivity index is 1.32. The molecule has 4 aromatic rings. The minimum absolute atomic E-state index is 0.0888. The number of benzene rings is 3. The van der Waals surface area contributed by atoms with Crippen LogP contribution < -0.4 is 5.43 Å². The smallest absolute Gasteiger partial charge is 0.260 e. The summed E-state index contributed by atoms with van der Waals surface area (Å²) in [5.41, 5.74) is 3.10. The molecule has 1 aromatic heterocycles. The molecule has 0 radical (unpaired) electrons. The van der Waals surface area contributed by atoms with Gasteiger partial charge in [-0.1, -0.05) is 53.1 Å². The van der Waals surface area contributed by atoms with Crippen molar-refractivity contribution >= 4 is 63.9 Å². The number of fused-ring (bicyclic) bond motifs is 4. The number of halogens is 3. The molecule has 2 N–H and O–H groups in total. The number of aromatic hydroxyl groups is 1. The van der Waals surface area contributed by atoms with Gasteiger partial charge in [0.05, 0.1) is 35.4 Å². The zero-order valence-electron chi connectivity index (χ0n) is 25.7. The van der Waals surface area contributed by atoms with Gasteiger partial charge in [0.15, 0.2) is 0 Å². The van der Waals surface area contributed by atoms with Gasteiger partial charge < -0.3 is 5.11 Å². The number of allylic oxidation sites excluding steroid dienone is 2. The number of imide groups is 2. The molecule has 2 saturated heterocycles. The third-order valence-corrected chi connectivity index (χ3v) is 11.9. The van der Waals surface area contributed by atoms with Crippen LogP contribution in [0.1, 0.15) is 34.8 Å². The Kier molecular flexibility index (Phi) is 7.66. The van der Waals surface area contributed by atoms with Crippen molar-refractivity contribution in [3.05, 3.63) is 128 Å². The molecule has 2 aliphatic carbocycles. The summed E-state index contributed by atoms with van der Waals surface area (Å²) in [6, 6.07) is 20.3. The van der Waals surface area contributed by atoms with E-state index in [9.17, 15) is 23.9 Å². The summed E-state index contributed by atoms with van der Waals surface area (Å²) < 4.78 is 13.8. The molecular weight excluding hydrogens is 688 g/mol. The van der Waals surface area contributed by atoms with Crippen LogP contribution in [0.5, 0.6) is 5.75 Å². The summed E-state index contributed by atoms with van der Waals surface area (Å²) in [7, 11) is 0. The van der Waals surface area contributed by atoms with Crippen LogP contribution in [0.2, 0.25) is 10.0 Å². The minimum atomic E-state index is -1.62. The van der Waals surface area contributed by atoms with E-state index < -0.39 is 52.6 Å². The molecule has 248 valence electrons. The Bertz CT molecular complexity index is 2050. The van der Waals surface area contributed by atoms with Gasteiger partial charge in [0.25, 0.3) is 11.8 Å². The fourth-order valence-electron chi connectivity index (χ4n) is 8.54. The topological polar surface area (TPSA) is 107 Å². The average molecular weight is 717 g/mol. The number of hydrogen-bond acceptors (Lipinski definition) is 7. The van der Waals surface area contributed by atoms with Crippen molar-refractivity contribution in [3.8, 4) is 5.75 Å². The lowest BCUT2D eigenvalue weighted by molar-refractivity contribution is -0.141. The number of amides is 4. The number of phenols is 1. The molecule has 3 fully saturated rings. The number of carbonyl (C=O) groups is 4. The van der Waals surface area contributed by atoms with Crippen LogP contribution in [0.4, 0.5) is 10.1 Å². The largest absolute Gasteiger partial charge is 0.508 e. The quantitative estimate of drug-likeness (QED) is 0.163. The first-order valence-electron chi connectivity index (χ1n) is 15.8. The fraction of sp³-hybridized carbons (Fsp3) is 0.243. The van der Waals surface area contributed by atoms with E-state index in [0.29, 0.717) is 32.4 Å². The molecule has 2 aliphatic heterocycles. The van der Waals surface area contributed by atoms with Crippen LogP contribution in [-0.2, 0) is 31.1 Å². The Morgan fingerprint density at radius 1 is 0.898 bits per heavy atom. The lowest BCUT2D eigenvalue weighted by atomic mass is 9.49. The summed E-state index contributed by atoms with van der Waals surface area (Å²) in [6.07, 6.45) is 2.25. The molecule has 6 atom stereocenters. The normalized spacial score (nSPS) is 27.6. The van der Waals surface area contributed by atoms with E-state index in [-0.39, 0.29) is 37.0 Å². The number of hydrazine groups is 1. The molecule has 8 rings (SSSR count). The Morgan fingerprint density at radius 3 is 2.35 bits per heavy atom. The standard InChI is InChI=1S/C37H28Cl2FN3O5S/c38-20-5-3-19(4-6-20)37-29(34(46)43(36(37)48)41-23-10-8-22(40)9-11-23)17-27-25(32(37)28-16-21(39)7-14-30(28)44)12-13-26-31(27)35(47)42(33(26)45)18-24-2-1-15-49-24/h1-12,14-16,26-27,29,31-32,41,44H,13,17-18H2/t26-,27+,29-,31-,32+,37+/m0/s1. The summed E-state index contributed by atoms with van der Waals surface area (Å²) >= 11 is 14.3. The number of anilines is 1. The number of likely N-dealkylation sites (tertiary alicyclic amines) is 1. The number of carbonyl (C=O) groups excluding carboxylic acids is 4. The van der Waals surface area contributed by atoms with Crippen LogP contribution in [0.3, 0.4) is 0 Å². The van der Waals surface area contributed by atoms with E-state index in [4.69, 9.17) is 23.2 Å². The van der Waals surface area contributed by atoms with Crippen LogP contribution in [0.25, 0.3) is 0 Å². The molecule has 49 heavy (non-hydrogen) atoms. The molecule has 3 aromatic carbocycles. The number of nitrogens with one attached hydrogen (secondary N) is 1. The highest BCUT2D eigenvalue weighted by Crippen LogP contribution is 2.65. The molecule has 4 aliphatic rings. The van der Waals surface area contributed by atoms with Crippen molar-refractivity contribution in [1.29, 1.82) is 0 Å². The molecule has 8 nitrogen and oxygen atoms in total. The fourth-order valence-corrected chi connectivity index (χ4v) is 9.53. The Morgan fingerprint density at radius 2 is 1.63 bits per heavy atom. The molecule has 0 spiro atoms. The second kappa shape index (κ2) is 11.8. The van der Waals surface area contributed by atoms with E-state index in [1.807, 2.05) is 23.6 Å². The van der Waals surface area contributed by atoms with Gasteiger partial charge in [-0.15, -0.1) is 11.3 Å². The number of phenolic OH excluding ortho intramolecular Hbond substituents is 1. The third kappa shape index (κ3) is 4.83. The maximum Gasteiger partial charge on any atom is 0.260 e. The monoisotopic (exact) mass is 715 g/mol. The molecular formula is C37H28Cl2FN3O5S. The molecule has 0 bridgehead atoms. The third-order valence-electron chi connectivity index (χ3n) is 10.5. The van der Waals surface area contributed by atoms with Crippen LogP contribution in [-0.4, -0.2) is 38.6 Å². The van der Waals surface area contributed by atoms with Gasteiger partial charge in [-0.05, 0) is 90.4 Å².